The third-order valence-electron chi connectivity index (χ3n) is 7.30. The number of hydrogen-bond acceptors (Lipinski definition) is 9. The van der Waals surface area contributed by atoms with Crippen LogP contribution in [0.25, 0.3) is 22.2 Å². The monoisotopic (exact) mass is 544 g/mol. The SMILES string of the molecule is COC(Nc1cc(C2N=NN(C)N2C)ccc1C)c1ccc(Nc2nc(-c3ccccc3)c3ccccc3n2)cc1. The average molecular weight is 545 g/mol. The maximum Gasteiger partial charge on any atom is 0.228 e. The van der Waals surface area contributed by atoms with Crippen LogP contribution in [0.15, 0.2) is 107 Å². The molecule has 2 N–H and O–H groups in total. The van der Waals surface area contributed by atoms with Crippen molar-refractivity contribution in [3.8, 4) is 11.3 Å². The Hall–Kier alpha value is -4.86. The predicted octanol–water partition coefficient (Wildman–Crippen LogP) is 7.26. The maximum absolute atomic E-state index is 5.85. The van der Waals surface area contributed by atoms with Crippen LogP contribution in [0.2, 0.25) is 0 Å². The van der Waals surface area contributed by atoms with Gasteiger partial charge in [0.1, 0.15) is 0 Å². The van der Waals surface area contributed by atoms with Crippen molar-refractivity contribution in [2.24, 2.45) is 10.3 Å². The number of para-hydroxylation sites is 1. The van der Waals surface area contributed by atoms with Gasteiger partial charge in [0.2, 0.25) is 5.95 Å². The summed E-state index contributed by atoms with van der Waals surface area (Å²) in [4.78, 5) is 9.64. The lowest BCUT2D eigenvalue weighted by atomic mass is 10.1. The highest BCUT2D eigenvalue weighted by Gasteiger charge is 2.25. The van der Waals surface area contributed by atoms with E-state index in [4.69, 9.17) is 14.7 Å². The molecule has 2 unspecified atom stereocenters. The molecule has 9 heteroatoms. The number of benzene rings is 4. The van der Waals surface area contributed by atoms with E-state index in [1.807, 2.05) is 79.8 Å². The zero-order valence-corrected chi connectivity index (χ0v) is 23.5. The van der Waals surface area contributed by atoms with Gasteiger partial charge in [-0.3, -0.25) is 0 Å². The number of anilines is 3. The Morgan fingerprint density at radius 2 is 1.61 bits per heavy atom. The molecule has 0 bridgehead atoms. The highest BCUT2D eigenvalue weighted by molar-refractivity contribution is 5.93. The van der Waals surface area contributed by atoms with Gasteiger partial charge in [-0.05, 0) is 42.3 Å². The van der Waals surface area contributed by atoms with Gasteiger partial charge >= 0.3 is 0 Å². The molecule has 41 heavy (non-hydrogen) atoms. The van der Waals surface area contributed by atoms with E-state index in [1.165, 1.54) is 0 Å². The van der Waals surface area contributed by atoms with Crippen molar-refractivity contribution in [2.45, 2.75) is 19.3 Å². The minimum absolute atomic E-state index is 0.160. The Bertz CT molecular complexity index is 1690. The summed E-state index contributed by atoms with van der Waals surface area (Å²) in [6.45, 7) is 2.07. The summed E-state index contributed by atoms with van der Waals surface area (Å²) in [5, 5.41) is 20.2. The number of hydrazine groups is 1. The maximum atomic E-state index is 5.85. The highest BCUT2D eigenvalue weighted by atomic mass is 16.5. The van der Waals surface area contributed by atoms with Gasteiger partial charge < -0.3 is 15.4 Å². The molecule has 4 aromatic carbocycles. The van der Waals surface area contributed by atoms with Crippen LogP contribution >= 0.6 is 0 Å². The Balaban J connectivity index is 1.22. The fourth-order valence-electron chi connectivity index (χ4n) is 4.90. The number of nitrogens with one attached hydrogen (secondary N) is 2. The number of rotatable bonds is 8. The van der Waals surface area contributed by atoms with Gasteiger partial charge in [-0.1, -0.05) is 78.0 Å². The second kappa shape index (κ2) is 11.3. The second-order valence-corrected chi connectivity index (χ2v) is 10.0. The molecule has 2 heterocycles. The lowest BCUT2D eigenvalue weighted by molar-refractivity contribution is 0.0312. The number of ether oxygens (including phenoxy) is 1. The number of aryl methyl sites for hydroxylation is 1. The smallest absolute Gasteiger partial charge is 0.228 e. The predicted molar refractivity (Wildman–Crippen MR) is 162 cm³/mol. The fourth-order valence-corrected chi connectivity index (χ4v) is 4.90. The summed E-state index contributed by atoms with van der Waals surface area (Å²) >= 11 is 0. The molecule has 9 nitrogen and oxygen atoms in total. The molecule has 1 aromatic heterocycles. The Morgan fingerprint density at radius 1 is 0.854 bits per heavy atom. The molecule has 0 amide bonds. The van der Waals surface area contributed by atoms with E-state index >= 15 is 0 Å². The molecule has 0 aliphatic carbocycles. The quantitative estimate of drug-likeness (QED) is 0.199. The van der Waals surface area contributed by atoms with Gasteiger partial charge in [-0.15, -0.1) is 5.11 Å². The minimum Gasteiger partial charge on any atom is -0.357 e. The molecule has 0 spiro atoms. The van der Waals surface area contributed by atoms with Crippen LogP contribution in [-0.4, -0.2) is 41.3 Å². The number of nitrogens with zero attached hydrogens (tertiary/aromatic N) is 6. The molecular formula is C32H32N8O. The zero-order chi connectivity index (χ0) is 28.3. The first kappa shape index (κ1) is 26.4. The summed E-state index contributed by atoms with van der Waals surface area (Å²) in [6.07, 6.45) is -0.502. The first-order valence-electron chi connectivity index (χ1n) is 13.5. The molecule has 0 saturated carbocycles. The first-order chi connectivity index (χ1) is 20.0. The topological polar surface area (TPSA) is 90.3 Å². The second-order valence-electron chi connectivity index (χ2n) is 10.0. The van der Waals surface area contributed by atoms with Gasteiger partial charge in [-0.25, -0.2) is 15.1 Å². The third kappa shape index (κ3) is 5.45. The van der Waals surface area contributed by atoms with Crippen molar-refractivity contribution in [2.75, 3.05) is 31.8 Å². The Morgan fingerprint density at radius 3 is 2.34 bits per heavy atom. The van der Waals surface area contributed by atoms with Crippen molar-refractivity contribution in [1.82, 2.24) is 20.1 Å². The van der Waals surface area contributed by atoms with Crippen LogP contribution in [0.1, 0.15) is 29.1 Å². The molecule has 6 rings (SSSR count). The molecule has 0 radical (unpaired) electrons. The van der Waals surface area contributed by atoms with Gasteiger partial charge in [0, 0.05) is 49.1 Å². The van der Waals surface area contributed by atoms with E-state index in [2.05, 4.69) is 64.3 Å². The van der Waals surface area contributed by atoms with Gasteiger partial charge in [0.05, 0.1) is 11.2 Å². The van der Waals surface area contributed by atoms with Crippen LogP contribution in [0.5, 0.6) is 0 Å². The summed E-state index contributed by atoms with van der Waals surface area (Å²) in [5.74, 6) is 0.545. The summed E-state index contributed by atoms with van der Waals surface area (Å²) in [6, 6.07) is 32.6. The van der Waals surface area contributed by atoms with Gasteiger partial charge in [-0.2, -0.15) is 5.01 Å². The largest absolute Gasteiger partial charge is 0.357 e. The van der Waals surface area contributed by atoms with E-state index in [1.54, 1.807) is 12.2 Å². The molecule has 1 aliphatic rings. The summed E-state index contributed by atoms with van der Waals surface area (Å²) in [5.41, 5.74) is 7.85. The fraction of sp³-hybridized carbons (Fsp3) is 0.188. The molecule has 5 aromatic rings. The summed E-state index contributed by atoms with van der Waals surface area (Å²) < 4.78 is 5.85. The zero-order valence-electron chi connectivity index (χ0n) is 23.5. The van der Waals surface area contributed by atoms with Crippen LogP contribution in [0.4, 0.5) is 17.3 Å². The van der Waals surface area contributed by atoms with Crippen molar-refractivity contribution in [1.29, 1.82) is 0 Å². The average Bonchev–Trinajstić information content (AvgIpc) is 3.34. The van der Waals surface area contributed by atoms with Crippen molar-refractivity contribution in [3.05, 3.63) is 114 Å². The Kier molecular flexibility index (Phi) is 7.28. The van der Waals surface area contributed by atoms with Crippen LogP contribution in [-0.2, 0) is 4.74 Å². The molecule has 206 valence electrons. The molecule has 0 fully saturated rings. The van der Waals surface area contributed by atoms with Crippen molar-refractivity contribution >= 4 is 28.2 Å². The van der Waals surface area contributed by atoms with Crippen LogP contribution in [0.3, 0.4) is 0 Å². The molecule has 2 atom stereocenters. The lowest BCUT2D eigenvalue weighted by Crippen LogP contribution is -2.30. The normalized spacial score (nSPS) is 15.8. The first-order valence-corrected chi connectivity index (χ1v) is 13.5. The van der Waals surface area contributed by atoms with E-state index in [-0.39, 0.29) is 12.4 Å². The number of aromatic nitrogens is 2. The van der Waals surface area contributed by atoms with E-state index in [0.29, 0.717) is 5.95 Å². The van der Waals surface area contributed by atoms with E-state index in [0.717, 1.165) is 50.2 Å². The summed E-state index contributed by atoms with van der Waals surface area (Å²) in [7, 11) is 5.55. The van der Waals surface area contributed by atoms with Crippen LogP contribution in [0, 0.1) is 6.92 Å². The van der Waals surface area contributed by atoms with Crippen molar-refractivity contribution < 1.29 is 4.74 Å². The number of hydrogen-bond donors (Lipinski definition) is 2. The van der Waals surface area contributed by atoms with Gasteiger partial charge in [0.15, 0.2) is 12.4 Å². The standard InChI is InChI=1S/C32H32N8O/c1-21-14-15-24(30-37-38-40(3)39(30)2)20-28(21)34-31(41-4)23-16-18-25(19-17-23)33-32-35-27-13-9-8-12-26(27)29(36-32)22-10-6-5-7-11-22/h5-20,30-31,34H,1-4H3,(H,33,35,36). The molecule has 1 aliphatic heterocycles. The third-order valence-corrected chi connectivity index (χ3v) is 7.30. The van der Waals surface area contributed by atoms with Crippen molar-refractivity contribution in [3.63, 3.8) is 0 Å². The van der Waals surface area contributed by atoms with Crippen LogP contribution < -0.4 is 10.6 Å². The molecular weight excluding hydrogens is 512 g/mol. The minimum atomic E-state index is -0.342. The van der Waals surface area contributed by atoms with E-state index < -0.39 is 0 Å². The van der Waals surface area contributed by atoms with E-state index in [9.17, 15) is 0 Å². The number of fused-ring (bicyclic) bond motifs is 1. The van der Waals surface area contributed by atoms with Gasteiger partial charge in [0.25, 0.3) is 0 Å². The lowest BCUT2D eigenvalue weighted by Gasteiger charge is -2.24. The number of methoxy groups -OCH3 is 1. The Labute approximate surface area is 239 Å². The highest BCUT2D eigenvalue weighted by Crippen LogP contribution is 2.33. The molecule has 0 saturated heterocycles.